The van der Waals surface area contributed by atoms with Crippen LogP contribution in [-0.2, 0) is 6.42 Å². The second-order valence-electron chi connectivity index (χ2n) is 7.00. The number of pyridine rings is 1. The van der Waals surface area contributed by atoms with Crippen molar-refractivity contribution in [2.45, 2.75) is 38.6 Å². The van der Waals surface area contributed by atoms with Crippen LogP contribution in [0, 0.1) is 6.92 Å². The largest absolute Gasteiger partial charge is 0.486 e. The molecule has 0 saturated carbocycles. The molecule has 2 aliphatic heterocycles. The summed E-state index contributed by atoms with van der Waals surface area (Å²) in [6.07, 6.45) is 5.95. The molecule has 3 heterocycles. The lowest BCUT2D eigenvalue weighted by atomic mass is 10.0. The number of hydrogen-bond donors (Lipinski definition) is 0. The summed E-state index contributed by atoms with van der Waals surface area (Å²) in [5.41, 5.74) is 3.01. The Kier molecular flexibility index (Phi) is 4.78. The molecule has 5 nitrogen and oxygen atoms in total. The van der Waals surface area contributed by atoms with E-state index >= 15 is 0 Å². The third-order valence-electron chi connectivity index (χ3n) is 5.15. The normalized spacial score (nSPS) is 18.8. The second kappa shape index (κ2) is 7.36. The van der Waals surface area contributed by atoms with Gasteiger partial charge in [-0.05, 0) is 68.5 Å². The molecule has 26 heavy (non-hydrogen) atoms. The van der Waals surface area contributed by atoms with Crippen LogP contribution in [0.25, 0.3) is 0 Å². The Morgan fingerprint density at radius 2 is 2.04 bits per heavy atom. The molecule has 1 unspecified atom stereocenters. The van der Waals surface area contributed by atoms with Gasteiger partial charge < -0.3 is 14.4 Å². The number of likely N-dealkylation sites (tertiary alicyclic amines) is 1. The highest BCUT2D eigenvalue weighted by atomic mass is 16.6. The molecule has 2 aromatic rings. The van der Waals surface area contributed by atoms with Crippen molar-refractivity contribution in [2.24, 2.45) is 0 Å². The van der Waals surface area contributed by atoms with Crippen molar-refractivity contribution in [3.8, 4) is 11.5 Å². The zero-order chi connectivity index (χ0) is 17.9. The zero-order valence-electron chi connectivity index (χ0n) is 15.1. The first-order chi connectivity index (χ1) is 12.7. The molecule has 0 radical (unpaired) electrons. The molecule has 5 heteroatoms. The number of nitrogens with zero attached hydrogens (tertiary/aromatic N) is 2. The minimum Gasteiger partial charge on any atom is -0.486 e. The van der Waals surface area contributed by atoms with E-state index < -0.39 is 0 Å². The first-order valence-electron chi connectivity index (χ1n) is 9.33. The number of hydrogen-bond acceptors (Lipinski definition) is 4. The molecule has 1 saturated heterocycles. The molecule has 1 fully saturated rings. The predicted octanol–water partition coefficient (Wildman–Crippen LogP) is 3.40. The van der Waals surface area contributed by atoms with Crippen LogP contribution < -0.4 is 9.47 Å². The van der Waals surface area contributed by atoms with Crippen LogP contribution in [0.2, 0.25) is 0 Å². The zero-order valence-corrected chi connectivity index (χ0v) is 15.1. The van der Waals surface area contributed by atoms with Crippen molar-refractivity contribution >= 4 is 5.91 Å². The maximum atomic E-state index is 13.0. The van der Waals surface area contributed by atoms with Gasteiger partial charge in [0.05, 0.1) is 0 Å². The van der Waals surface area contributed by atoms with E-state index in [9.17, 15) is 4.79 Å². The Bertz CT molecular complexity index is 806. The Morgan fingerprint density at radius 3 is 2.88 bits per heavy atom. The fraction of sp³-hybridized carbons (Fsp3) is 0.429. The van der Waals surface area contributed by atoms with E-state index in [1.165, 1.54) is 5.56 Å². The number of amides is 1. The van der Waals surface area contributed by atoms with Crippen molar-refractivity contribution in [1.29, 1.82) is 0 Å². The lowest BCUT2D eigenvalue weighted by molar-refractivity contribution is 0.0729. The van der Waals surface area contributed by atoms with Crippen LogP contribution in [0.1, 0.15) is 40.9 Å². The van der Waals surface area contributed by atoms with Gasteiger partial charge in [0, 0.05) is 30.0 Å². The molecular weight excluding hydrogens is 328 g/mol. The van der Waals surface area contributed by atoms with Gasteiger partial charge in [-0.25, -0.2) is 0 Å². The second-order valence-corrected chi connectivity index (χ2v) is 7.00. The summed E-state index contributed by atoms with van der Waals surface area (Å²) in [6.45, 7) is 3.93. The fourth-order valence-corrected chi connectivity index (χ4v) is 3.84. The van der Waals surface area contributed by atoms with Gasteiger partial charge in [0.1, 0.15) is 13.2 Å². The van der Waals surface area contributed by atoms with Crippen molar-refractivity contribution < 1.29 is 14.3 Å². The molecule has 2 aliphatic rings. The van der Waals surface area contributed by atoms with Crippen LogP contribution in [0.5, 0.6) is 11.5 Å². The van der Waals surface area contributed by atoms with E-state index in [0.717, 1.165) is 43.7 Å². The van der Waals surface area contributed by atoms with Crippen molar-refractivity contribution in [3.05, 3.63) is 53.3 Å². The van der Waals surface area contributed by atoms with Gasteiger partial charge in [-0.3, -0.25) is 9.78 Å². The van der Waals surface area contributed by atoms with E-state index in [0.29, 0.717) is 30.6 Å². The van der Waals surface area contributed by atoms with Crippen LogP contribution in [-0.4, -0.2) is 41.6 Å². The standard InChI is InChI=1S/C21H24N2O3/c1-15-13-16(8-9-22-15)4-6-18-3-2-10-23(18)21(24)17-5-7-19-20(14-17)26-12-11-25-19/h5,7-9,13-14,18H,2-4,6,10-12H2,1H3. The molecule has 1 aromatic heterocycles. The minimum absolute atomic E-state index is 0.0929. The summed E-state index contributed by atoms with van der Waals surface area (Å²) in [7, 11) is 0. The van der Waals surface area contributed by atoms with Crippen molar-refractivity contribution in [2.75, 3.05) is 19.8 Å². The van der Waals surface area contributed by atoms with Gasteiger partial charge in [0.2, 0.25) is 0 Å². The first kappa shape index (κ1) is 16.9. The van der Waals surface area contributed by atoms with Gasteiger partial charge in [0.25, 0.3) is 5.91 Å². The number of fused-ring (bicyclic) bond motifs is 1. The number of carbonyl (C=O) groups excluding carboxylic acids is 1. The monoisotopic (exact) mass is 352 g/mol. The maximum absolute atomic E-state index is 13.0. The summed E-state index contributed by atoms with van der Waals surface area (Å²) < 4.78 is 11.2. The molecule has 1 atom stereocenters. The predicted molar refractivity (Wildman–Crippen MR) is 98.8 cm³/mol. The summed E-state index contributed by atoms with van der Waals surface area (Å²) >= 11 is 0. The smallest absolute Gasteiger partial charge is 0.254 e. The number of aryl methyl sites for hydroxylation is 2. The lowest BCUT2D eigenvalue weighted by Gasteiger charge is -2.26. The molecule has 0 N–H and O–H groups in total. The number of aromatic nitrogens is 1. The average Bonchev–Trinajstić information content (AvgIpc) is 3.14. The number of ether oxygens (including phenoxy) is 2. The van der Waals surface area contributed by atoms with E-state index in [-0.39, 0.29) is 5.91 Å². The van der Waals surface area contributed by atoms with Crippen molar-refractivity contribution in [1.82, 2.24) is 9.88 Å². The van der Waals surface area contributed by atoms with E-state index in [4.69, 9.17) is 9.47 Å². The Labute approximate surface area is 153 Å². The van der Waals surface area contributed by atoms with Gasteiger partial charge in [-0.2, -0.15) is 0 Å². The highest BCUT2D eigenvalue weighted by Gasteiger charge is 2.29. The average molecular weight is 352 g/mol. The molecule has 1 aromatic carbocycles. The molecule has 0 aliphatic carbocycles. The fourth-order valence-electron chi connectivity index (χ4n) is 3.84. The number of carbonyl (C=O) groups is 1. The van der Waals surface area contributed by atoms with Gasteiger partial charge >= 0.3 is 0 Å². The Hall–Kier alpha value is -2.56. The third kappa shape index (κ3) is 3.52. The Morgan fingerprint density at radius 1 is 1.19 bits per heavy atom. The van der Waals surface area contributed by atoms with E-state index in [1.54, 1.807) is 0 Å². The quantitative estimate of drug-likeness (QED) is 0.846. The summed E-state index contributed by atoms with van der Waals surface area (Å²) in [6, 6.07) is 9.99. The van der Waals surface area contributed by atoms with Crippen molar-refractivity contribution in [3.63, 3.8) is 0 Å². The van der Waals surface area contributed by atoms with Gasteiger partial charge in [-0.15, -0.1) is 0 Å². The summed E-state index contributed by atoms with van der Waals surface area (Å²) in [4.78, 5) is 19.3. The topological polar surface area (TPSA) is 51.7 Å². The van der Waals surface area contributed by atoms with Gasteiger partial charge in [-0.1, -0.05) is 0 Å². The maximum Gasteiger partial charge on any atom is 0.254 e. The molecule has 4 rings (SSSR count). The first-order valence-corrected chi connectivity index (χ1v) is 9.33. The highest BCUT2D eigenvalue weighted by Crippen LogP contribution is 2.32. The van der Waals surface area contributed by atoms with Crippen LogP contribution >= 0.6 is 0 Å². The molecule has 1 amide bonds. The van der Waals surface area contributed by atoms with E-state index in [2.05, 4.69) is 17.1 Å². The molecule has 0 spiro atoms. The van der Waals surface area contributed by atoms with Crippen LogP contribution in [0.15, 0.2) is 36.5 Å². The molecule has 136 valence electrons. The summed E-state index contributed by atoms with van der Waals surface area (Å²) in [5.74, 6) is 1.49. The van der Waals surface area contributed by atoms with Gasteiger partial charge in [0.15, 0.2) is 11.5 Å². The highest BCUT2D eigenvalue weighted by molar-refractivity contribution is 5.95. The van der Waals surface area contributed by atoms with E-state index in [1.807, 2.05) is 36.2 Å². The minimum atomic E-state index is 0.0929. The third-order valence-corrected chi connectivity index (χ3v) is 5.15. The number of benzene rings is 1. The van der Waals surface area contributed by atoms with Crippen LogP contribution in [0.4, 0.5) is 0 Å². The molecular formula is C21H24N2O3. The summed E-state index contributed by atoms with van der Waals surface area (Å²) in [5, 5.41) is 0. The van der Waals surface area contributed by atoms with Crippen LogP contribution in [0.3, 0.4) is 0 Å². The number of rotatable bonds is 4. The molecule has 0 bridgehead atoms. The Balaban J connectivity index is 1.45. The lowest BCUT2D eigenvalue weighted by Crippen LogP contribution is -2.35. The SMILES string of the molecule is Cc1cc(CCC2CCCN2C(=O)c2ccc3c(c2)OCCO3)ccn1.